The number of hydrogen-bond donors (Lipinski definition) is 3. The molecule has 1 aliphatic rings. The van der Waals surface area contributed by atoms with E-state index < -0.39 is 0 Å². The van der Waals surface area contributed by atoms with Crippen LogP contribution in [0.2, 0.25) is 0 Å². The van der Waals surface area contributed by atoms with Gasteiger partial charge in [-0.05, 0) is 32.2 Å². The van der Waals surface area contributed by atoms with Crippen molar-refractivity contribution in [1.29, 1.82) is 0 Å². The summed E-state index contributed by atoms with van der Waals surface area (Å²) < 4.78 is 5.13. The normalized spacial score (nSPS) is 28.5. The fraction of sp³-hybridized carbons (Fsp3) is 1.00. The summed E-state index contributed by atoms with van der Waals surface area (Å²) in [4.78, 5) is 0. The Morgan fingerprint density at radius 3 is 2.79 bits per heavy atom. The highest BCUT2D eigenvalue weighted by Crippen LogP contribution is 2.20. The highest BCUT2D eigenvalue weighted by molar-refractivity contribution is 4.87. The second-order valence-electron chi connectivity index (χ2n) is 4.07. The molecule has 0 heterocycles. The average molecular weight is 202 g/mol. The van der Waals surface area contributed by atoms with Crippen LogP contribution in [0.15, 0.2) is 0 Å². The zero-order chi connectivity index (χ0) is 10.4. The molecule has 1 saturated carbocycles. The molecular weight excluding hydrogens is 180 g/mol. The zero-order valence-corrected chi connectivity index (χ0v) is 8.91. The van der Waals surface area contributed by atoms with Crippen LogP contribution in [0, 0.1) is 0 Å². The minimum Gasteiger partial charge on any atom is -0.393 e. The molecule has 0 aliphatic heterocycles. The third-order valence-electron chi connectivity index (χ3n) is 2.71. The largest absolute Gasteiger partial charge is 0.393 e. The van der Waals surface area contributed by atoms with Crippen molar-refractivity contribution in [3.63, 3.8) is 0 Å². The van der Waals surface area contributed by atoms with E-state index in [2.05, 4.69) is 5.32 Å². The molecule has 0 bridgehead atoms. The third kappa shape index (κ3) is 3.92. The molecule has 1 atom stereocenters. The Morgan fingerprint density at radius 2 is 2.29 bits per heavy atom. The molecule has 0 aromatic heterocycles. The minimum absolute atomic E-state index is 0.0924. The molecule has 1 aliphatic carbocycles. The van der Waals surface area contributed by atoms with Gasteiger partial charge in [-0.15, -0.1) is 0 Å². The van der Waals surface area contributed by atoms with Crippen LogP contribution in [0.1, 0.15) is 25.7 Å². The first-order valence-corrected chi connectivity index (χ1v) is 5.39. The van der Waals surface area contributed by atoms with Crippen LogP contribution in [0.4, 0.5) is 0 Å². The van der Waals surface area contributed by atoms with Gasteiger partial charge in [-0.1, -0.05) is 0 Å². The van der Waals surface area contributed by atoms with Gasteiger partial charge in [0, 0.05) is 19.2 Å². The van der Waals surface area contributed by atoms with Gasteiger partial charge < -0.3 is 20.9 Å². The van der Waals surface area contributed by atoms with Crippen molar-refractivity contribution in [1.82, 2.24) is 5.32 Å². The van der Waals surface area contributed by atoms with Crippen molar-refractivity contribution in [2.45, 2.75) is 43.9 Å². The number of aliphatic hydroxyl groups is 1. The number of nitrogens with two attached hydrogens (primary N) is 1. The number of hydrogen-bond acceptors (Lipinski definition) is 4. The van der Waals surface area contributed by atoms with Gasteiger partial charge in [-0.25, -0.2) is 0 Å². The molecule has 0 radical (unpaired) electrons. The van der Waals surface area contributed by atoms with Gasteiger partial charge >= 0.3 is 0 Å². The first-order chi connectivity index (χ1) is 6.76. The van der Waals surface area contributed by atoms with E-state index in [4.69, 9.17) is 15.6 Å². The minimum atomic E-state index is -0.0924. The predicted molar refractivity (Wildman–Crippen MR) is 56.1 cm³/mol. The summed E-state index contributed by atoms with van der Waals surface area (Å²) in [7, 11) is 1.72. The maximum absolute atomic E-state index is 9.15. The van der Waals surface area contributed by atoms with Crippen LogP contribution in [0.3, 0.4) is 0 Å². The van der Waals surface area contributed by atoms with Crippen molar-refractivity contribution in [2.75, 3.05) is 20.3 Å². The van der Waals surface area contributed by atoms with E-state index in [0.29, 0.717) is 12.1 Å². The van der Waals surface area contributed by atoms with Crippen molar-refractivity contribution in [2.24, 2.45) is 5.73 Å². The highest BCUT2D eigenvalue weighted by Gasteiger charge is 2.28. The first-order valence-electron chi connectivity index (χ1n) is 5.39. The van der Waals surface area contributed by atoms with Crippen molar-refractivity contribution in [3.8, 4) is 0 Å². The fourth-order valence-electron chi connectivity index (χ4n) is 1.84. The molecule has 0 saturated heterocycles. The monoisotopic (exact) mass is 202 g/mol. The average Bonchev–Trinajstić information content (AvgIpc) is 2.12. The summed E-state index contributed by atoms with van der Waals surface area (Å²) in [5.74, 6) is 0. The Morgan fingerprint density at radius 1 is 1.57 bits per heavy atom. The van der Waals surface area contributed by atoms with Crippen molar-refractivity contribution < 1.29 is 9.84 Å². The number of methoxy groups -OCH3 is 1. The molecule has 14 heavy (non-hydrogen) atoms. The molecule has 0 aromatic rings. The van der Waals surface area contributed by atoms with Gasteiger partial charge in [0.25, 0.3) is 0 Å². The Bertz CT molecular complexity index is 149. The summed E-state index contributed by atoms with van der Waals surface area (Å²) in [6.07, 6.45) is 3.74. The molecule has 1 fully saturated rings. The highest BCUT2D eigenvalue weighted by atomic mass is 16.5. The third-order valence-corrected chi connectivity index (χ3v) is 2.71. The number of nitrogens with one attached hydrogen (secondary N) is 1. The summed E-state index contributed by atoms with van der Waals surface area (Å²) >= 11 is 0. The van der Waals surface area contributed by atoms with E-state index in [1.54, 1.807) is 7.11 Å². The predicted octanol–water partition coefficient (Wildman–Crippen LogP) is -0.147. The molecule has 1 rings (SSSR count). The SMILES string of the molecule is COCC(CCCN)NC1CC(O)C1. The van der Waals surface area contributed by atoms with Crippen LogP contribution in [-0.4, -0.2) is 43.6 Å². The second-order valence-corrected chi connectivity index (χ2v) is 4.07. The maximum Gasteiger partial charge on any atom is 0.0615 e. The smallest absolute Gasteiger partial charge is 0.0615 e. The lowest BCUT2D eigenvalue weighted by atomic mass is 9.88. The maximum atomic E-state index is 9.15. The molecule has 0 spiro atoms. The van der Waals surface area contributed by atoms with E-state index in [1.807, 2.05) is 0 Å². The van der Waals surface area contributed by atoms with Crippen LogP contribution in [0.5, 0.6) is 0 Å². The quantitative estimate of drug-likeness (QED) is 0.537. The Hall–Kier alpha value is -0.160. The van der Waals surface area contributed by atoms with Gasteiger partial charge in [-0.3, -0.25) is 0 Å². The lowest BCUT2D eigenvalue weighted by molar-refractivity contribution is 0.0490. The van der Waals surface area contributed by atoms with Gasteiger partial charge in [0.05, 0.1) is 12.7 Å². The molecule has 0 amide bonds. The fourth-order valence-corrected chi connectivity index (χ4v) is 1.84. The van der Waals surface area contributed by atoms with E-state index in [0.717, 1.165) is 38.8 Å². The Labute approximate surface area is 85.8 Å². The van der Waals surface area contributed by atoms with Crippen LogP contribution in [0.25, 0.3) is 0 Å². The molecule has 4 heteroatoms. The van der Waals surface area contributed by atoms with E-state index in [1.165, 1.54) is 0 Å². The van der Waals surface area contributed by atoms with Crippen molar-refractivity contribution >= 4 is 0 Å². The van der Waals surface area contributed by atoms with Crippen molar-refractivity contribution in [3.05, 3.63) is 0 Å². The molecular formula is C10H22N2O2. The topological polar surface area (TPSA) is 67.5 Å². The summed E-state index contributed by atoms with van der Waals surface area (Å²) in [6.45, 7) is 1.46. The lowest BCUT2D eigenvalue weighted by Gasteiger charge is -2.35. The summed E-state index contributed by atoms with van der Waals surface area (Å²) in [5.41, 5.74) is 5.46. The van der Waals surface area contributed by atoms with E-state index in [-0.39, 0.29) is 6.10 Å². The van der Waals surface area contributed by atoms with E-state index >= 15 is 0 Å². The van der Waals surface area contributed by atoms with E-state index in [9.17, 15) is 0 Å². The number of ether oxygens (including phenoxy) is 1. The molecule has 4 nitrogen and oxygen atoms in total. The molecule has 4 N–H and O–H groups in total. The molecule has 0 aromatic carbocycles. The van der Waals surface area contributed by atoms with Crippen LogP contribution in [-0.2, 0) is 4.74 Å². The number of rotatable bonds is 7. The number of aliphatic hydroxyl groups excluding tert-OH is 1. The molecule has 84 valence electrons. The zero-order valence-electron chi connectivity index (χ0n) is 8.91. The second kappa shape index (κ2) is 6.35. The Balaban J connectivity index is 2.14. The van der Waals surface area contributed by atoms with Gasteiger partial charge in [-0.2, -0.15) is 0 Å². The molecule has 1 unspecified atom stereocenters. The van der Waals surface area contributed by atoms with Gasteiger partial charge in [0.2, 0.25) is 0 Å². The van der Waals surface area contributed by atoms with Gasteiger partial charge in [0.1, 0.15) is 0 Å². The summed E-state index contributed by atoms with van der Waals surface area (Å²) in [5, 5.41) is 12.6. The lowest BCUT2D eigenvalue weighted by Crippen LogP contribution is -2.49. The first kappa shape index (κ1) is 11.9. The Kier molecular flexibility index (Phi) is 5.40. The van der Waals surface area contributed by atoms with Gasteiger partial charge in [0.15, 0.2) is 0 Å². The van der Waals surface area contributed by atoms with Crippen LogP contribution >= 0.6 is 0 Å². The van der Waals surface area contributed by atoms with Crippen LogP contribution < -0.4 is 11.1 Å². The standard InChI is InChI=1S/C10H22N2O2/c1-14-7-8(3-2-4-11)12-9-5-10(13)6-9/h8-10,12-13H,2-7,11H2,1H3. The summed E-state index contributed by atoms with van der Waals surface area (Å²) in [6, 6.07) is 0.865.